The average Bonchev–Trinajstić information content (AvgIpc) is 3.04. The summed E-state index contributed by atoms with van der Waals surface area (Å²) in [6, 6.07) is 7.18. The van der Waals surface area contributed by atoms with E-state index >= 15 is 0 Å². The fourth-order valence-electron chi connectivity index (χ4n) is 2.32. The van der Waals surface area contributed by atoms with Crippen molar-refractivity contribution < 1.29 is 4.79 Å². The van der Waals surface area contributed by atoms with Gasteiger partial charge in [-0.25, -0.2) is 4.98 Å². The summed E-state index contributed by atoms with van der Waals surface area (Å²) in [6.07, 6.45) is 4.69. The maximum Gasteiger partial charge on any atom is 0.247 e. The molecule has 138 valence electrons. The topological polar surface area (TPSA) is 96.8 Å². The molecule has 3 N–H and O–H groups in total. The van der Waals surface area contributed by atoms with Crippen molar-refractivity contribution >= 4 is 46.3 Å². The summed E-state index contributed by atoms with van der Waals surface area (Å²) in [5, 5.41) is 13.5. The van der Waals surface area contributed by atoms with Crippen LogP contribution in [0.4, 0.5) is 28.8 Å². The summed E-state index contributed by atoms with van der Waals surface area (Å²) < 4.78 is 1.67. The number of carbonyl (C=O) groups excluding carboxylic acids is 1. The van der Waals surface area contributed by atoms with Gasteiger partial charge in [-0.3, -0.25) is 9.48 Å². The first-order valence-corrected chi connectivity index (χ1v) is 8.42. The lowest BCUT2D eigenvalue weighted by molar-refractivity contribution is -0.111. The van der Waals surface area contributed by atoms with E-state index in [1.807, 2.05) is 19.3 Å². The first-order valence-electron chi connectivity index (χ1n) is 8.05. The molecular formula is C18H18ClN7O. The van der Waals surface area contributed by atoms with Gasteiger partial charge in [0.2, 0.25) is 11.9 Å². The molecule has 1 aromatic carbocycles. The van der Waals surface area contributed by atoms with Crippen molar-refractivity contribution in [1.29, 1.82) is 0 Å². The third-order valence-corrected chi connectivity index (χ3v) is 4.01. The molecule has 27 heavy (non-hydrogen) atoms. The first kappa shape index (κ1) is 18.4. The Morgan fingerprint density at radius 1 is 1.22 bits per heavy atom. The quantitative estimate of drug-likeness (QED) is 0.560. The summed E-state index contributed by atoms with van der Waals surface area (Å²) in [6.45, 7) is 5.23. The lowest BCUT2D eigenvalue weighted by atomic mass is 10.2. The highest BCUT2D eigenvalue weighted by Gasteiger charge is 2.11. The number of anilines is 5. The molecule has 0 aliphatic heterocycles. The van der Waals surface area contributed by atoms with E-state index in [0.29, 0.717) is 33.9 Å². The van der Waals surface area contributed by atoms with Gasteiger partial charge in [0.1, 0.15) is 5.02 Å². The van der Waals surface area contributed by atoms with Gasteiger partial charge in [0.05, 0.1) is 17.6 Å². The Hall–Kier alpha value is -3.39. The Labute approximate surface area is 161 Å². The summed E-state index contributed by atoms with van der Waals surface area (Å²) in [7, 11) is 1.82. The van der Waals surface area contributed by atoms with Crippen molar-refractivity contribution in [1.82, 2.24) is 19.7 Å². The lowest BCUT2D eigenvalue weighted by Gasteiger charge is -2.12. The molecule has 2 heterocycles. The number of aryl methyl sites for hydroxylation is 2. The summed E-state index contributed by atoms with van der Waals surface area (Å²) in [5.74, 6) is 0.553. The van der Waals surface area contributed by atoms with Crippen molar-refractivity contribution in [2.45, 2.75) is 6.92 Å². The minimum Gasteiger partial charge on any atom is -0.339 e. The van der Waals surface area contributed by atoms with Crippen LogP contribution in [0.2, 0.25) is 5.02 Å². The zero-order chi connectivity index (χ0) is 19.4. The third kappa shape index (κ3) is 4.62. The number of carbonyl (C=O) groups is 1. The van der Waals surface area contributed by atoms with Gasteiger partial charge in [-0.1, -0.05) is 24.2 Å². The van der Waals surface area contributed by atoms with E-state index < -0.39 is 0 Å². The van der Waals surface area contributed by atoms with Crippen LogP contribution >= 0.6 is 11.6 Å². The molecule has 3 aromatic rings. The Bertz CT molecular complexity index is 999. The Morgan fingerprint density at radius 3 is 2.70 bits per heavy atom. The highest BCUT2D eigenvalue weighted by Crippen LogP contribution is 2.28. The van der Waals surface area contributed by atoms with Gasteiger partial charge >= 0.3 is 0 Å². The number of hydrogen-bond acceptors (Lipinski definition) is 6. The highest BCUT2D eigenvalue weighted by atomic mass is 35.5. The van der Waals surface area contributed by atoms with Crippen LogP contribution in [0, 0.1) is 6.92 Å². The van der Waals surface area contributed by atoms with E-state index in [1.165, 1.54) is 6.08 Å². The standard InChI is InChI=1S/C18H18ClN7O/c1-4-15(27)22-12-6-5-7-13(8-12)23-17-16(19)11(2)21-18(25-17)24-14-9-20-26(3)10-14/h4-10H,1H2,2-3H3,(H,22,27)(H2,21,23,24,25). The second-order valence-corrected chi connectivity index (χ2v) is 6.10. The van der Waals surface area contributed by atoms with Crippen molar-refractivity contribution in [3.05, 3.63) is 60.0 Å². The monoisotopic (exact) mass is 383 g/mol. The Kier molecular flexibility index (Phi) is 5.37. The number of hydrogen-bond donors (Lipinski definition) is 3. The van der Waals surface area contributed by atoms with Crippen LogP contribution in [0.1, 0.15) is 5.69 Å². The predicted molar refractivity (Wildman–Crippen MR) is 107 cm³/mol. The molecule has 0 saturated heterocycles. The highest BCUT2D eigenvalue weighted by molar-refractivity contribution is 6.33. The average molecular weight is 384 g/mol. The smallest absolute Gasteiger partial charge is 0.247 e. The molecule has 0 spiro atoms. The van der Waals surface area contributed by atoms with E-state index in [1.54, 1.807) is 36.0 Å². The van der Waals surface area contributed by atoms with Crippen molar-refractivity contribution in [2.24, 2.45) is 7.05 Å². The molecule has 2 aromatic heterocycles. The van der Waals surface area contributed by atoms with E-state index in [2.05, 4.69) is 37.6 Å². The number of nitrogens with one attached hydrogen (secondary N) is 3. The molecule has 0 aliphatic carbocycles. The van der Waals surface area contributed by atoms with Crippen LogP contribution in [0.3, 0.4) is 0 Å². The number of rotatable bonds is 6. The zero-order valence-corrected chi connectivity index (χ0v) is 15.6. The molecule has 0 radical (unpaired) electrons. The molecule has 0 saturated carbocycles. The Morgan fingerprint density at radius 2 is 2.00 bits per heavy atom. The molecule has 9 heteroatoms. The van der Waals surface area contributed by atoms with Crippen molar-refractivity contribution in [3.63, 3.8) is 0 Å². The van der Waals surface area contributed by atoms with Crippen LogP contribution in [-0.4, -0.2) is 25.7 Å². The minimum atomic E-state index is -0.286. The summed E-state index contributed by atoms with van der Waals surface area (Å²) >= 11 is 6.35. The number of halogens is 1. The SMILES string of the molecule is C=CC(=O)Nc1cccc(Nc2nc(Nc3cnn(C)c3)nc(C)c2Cl)c1. The summed E-state index contributed by atoms with van der Waals surface area (Å²) in [5.41, 5.74) is 2.72. The third-order valence-electron chi connectivity index (χ3n) is 3.56. The molecule has 0 aliphatic rings. The molecular weight excluding hydrogens is 366 g/mol. The van der Waals surface area contributed by atoms with Gasteiger partial charge in [-0.15, -0.1) is 0 Å². The Balaban J connectivity index is 1.84. The maximum atomic E-state index is 11.5. The molecule has 3 rings (SSSR count). The van der Waals surface area contributed by atoms with E-state index in [9.17, 15) is 4.79 Å². The minimum absolute atomic E-state index is 0.286. The lowest BCUT2D eigenvalue weighted by Crippen LogP contribution is -2.07. The maximum absolute atomic E-state index is 11.5. The van der Waals surface area contributed by atoms with E-state index in [-0.39, 0.29) is 5.91 Å². The molecule has 0 unspecified atom stereocenters. The van der Waals surface area contributed by atoms with E-state index in [0.717, 1.165) is 5.69 Å². The molecule has 0 fully saturated rings. The van der Waals surface area contributed by atoms with Crippen LogP contribution in [0.5, 0.6) is 0 Å². The largest absolute Gasteiger partial charge is 0.339 e. The molecule has 0 atom stereocenters. The van der Waals surface area contributed by atoms with E-state index in [4.69, 9.17) is 11.6 Å². The van der Waals surface area contributed by atoms with Gasteiger partial charge in [-0.2, -0.15) is 10.1 Å². The molecule has 8 nitrogen and oxygen atoms in total. The van der Waals surface area contributed by atoms with Gasteiger partial charge < -0.3 is 16.0 Å². The van der Waals surface area contributed by atoms with Gasteiger partial charge in [0.25, 0.3) is 0 Å². The van der Waals surface area contributed by atoms with Crippen molar-refractivity contribution in [2.75, 3.05) is 16.0 Å². The second kappa shape index (κ2) is 7.88. The van der Waals surface area contributed by atoms with Crippen LogP contribution in [0.15, 0.2) is 49.3 Å². The van der Waals surface area contributed by atoms with Crippen LogP contribution in [-0.2, 0) is 11.8 Å². The van der Waals surface area contributed by atoms with Gasteiger partial charge in [0.15, 0.2) is 5.82 Å². The van der Waals surface area contributed by atoms with Crippen LogP contribution < -0.4 is 16.0 Å². The van der Waals surface area contributed by atoms with Crippen LogP contribution in [0.25, 0.3) is 0 Å². The predicted octanol–water partition coefficient (Wildman–Crippen LogP) is 3.78. The number of aromatic nitrogens is 4. The molecule has 1 amide bonds. The van der Waals surface area contributed by atoms with Gasteiger partial charge in [0, 0.05) is 24.6 Å². The second-order valence-electron chi connectivity index (χ2n) is 5.72. The summed E-state index contributed by atoms with van der Waals surface area (Å²) in [4.78, 5) is 20.2. The zero-order valence-electron chi connectivity index (χ0n) is 14.8. The van der Waals surface area contributed by atoms with Crippen molar-refractivity contribution in [3.8, 4) is 0 Å². The first-order chi connectivity index (χ1) is 12.9. The fraction of sp³-hybridized carbons (Fsp3) is 0.111. The number of benzene rings is 1. The fourth-order valence-corrected chi connectivity index (χ4v) is 2.45. The number of nitrogens with zero attached hydrogens (tertiary/aromatic N) is 4. The normalized spacial score (nSPS) is 10.3. The number of amides is 1. The molecule has 0 bridgehead atoms. The van der Waals surface area contributed by atoms with Gasteiger partial charge in [-0.05, 0) is 31.2 Å².